The van der Waals surface area contributed by atoms with Crippen molar-refractivity contribution < 1.29 is 43.5 Å². The Labute approximate surface area is 362 Å². The Balaban J connectivity index is 1.37. The van der Waals surface area contributed by atoms with Crippen LogP contribution in [0.15, 0.2) is 47.4 Å². The molecule has 3 N–H and O–H groups in total. The van der Waals surface area contributed by atoms with Crippen molar-refractivity contribution in [2.75, 3.05) is 72.3 Å². The SMILES string of the molecule is CCC1(O)CC2CN(CCc3c([nH]c4ccc(SC)cc34)C(C(=O)OC)(c3cc4c(cc3OC)N(C)C3C(O)(C(=O)OC)C(OC(C)=O)C5(CC)C=CCN6CCC43C65)C2)C1. The highest BCUT2D eigenvalue weighted by Gasteiger charge is 2.80. The molecule has 1 spiro atoms. The van der Waals surface area contributed by atoms with Gasteiger partial charge in [-0.15, -0.1) is 11.8 Å². The summed E-state index contributed by atoms with van der Waals surface area (Å²) < 4.78 is 24.0. The molecule has 2 saturated heterocycles. The number of carbonyl (C=O) groups is 3. The first-order valence-electron chi connectivity index (χ1n) is 21.7. The summed E-state index contributed by atoms with van der Waals surface area (Å²) in [4.78, 5) is 54.5. The molecule has 328 valence electrons. The Kier molecular flexibility index (Phi) is 10.2. The van der Waals surface area contributed by atoms with Gasteiger partial charge in [0.1, 0.15) is 11.2 Å². The fourth-order valence-electron chi connectivity index (χ4n) is 13.7. The van der Waals surface area contributed by atoms with E-state index in [9.17, 15) is 19.8 Å². The van der Waals surface area contributed by atoms with Crippen LogP contribution in [0, 0.1) is 11.3 Å². The van der Waals surface area contributed by atoms with Crippen LogP contribution in [-0.4, -0.2) is 140 Å². The maximum absolute atomic E-state index is 15.4. The number of hydrogen-bond acceptors (Lipinski definition) is 13. The van der Waals surface area contributed by atoms with E-state index in [1.165, 1.54) is 21.1 Å². The lowest BCUT2D eigenvalue weighted by Gasteiger charge is -2.63. The Morgan fingerprint density at radius 2 is 1.74 bits per heavy atom. The average molecular weight is 857 g/mol. The van der Waals surface area contributed by atoms with E-state index in [1.807, 2.05) is 31.9 Å². The monoisotopic (exact) mass is 856 g/mol. The van der Waals surface area contributed by atoms with Crippen molar-refractivity contribution in [3.63, 3.8) is 0 Å². The van der Waals surface area contributed by atoms with Crippen molar-refractivity contribution in [3.8, 4) is 5.75 Å². The molecule has 6 heterocycles. The number of aromatic nitrogens is 1. The van der Waals surface area contributed by atoms with Crippen LogP contribution in [0.25, 0.3) is 10.9 Å². The molecule has 10 atom stereocenters. The van der Waals surface area contributed by atoms with Gasteiger partial charge < -0.3 is 39.0 Å². The van der Waals surface area contributed by atoms with Crippen molar-refractivity contribution in [2.45, 2.75) is 104 Å². The molecule has 0 amide bonds. The van der Waals surface area contributed by atoms with Crippen LogP contribution in [0.5, 0.6) is 5.75 Å². The first-order valence-corrected chi connectivity index (χ1v) is 23.0. The minimum atomic E-state index is -2.31. The number of aromatic amines is 1. The first kappa shape index (κ1) is 42.2. The fourth-order valence-corrected chi connectivity index (χ4v) is 14.1. The van der Waals surface area contributed by atoms with Crippen LogP contribution in [0.1, 0.15) is 75.3 Å². The molecule has 6 aliphatic rings. The van der Waals surface area contributed by atoms with E-state index < -0.39 is 57.5 Å². The van der Waals surface area contributed by atoms with E-state index in [1.54, 1.807) is 18.9 Å². The number of esters is 3. The average Bonchev–Trinajstić information content (AvgIpc) is 3.92. The summed E-state index contributed by atoms with van der Waals surface area (Å²) in [6.07, 6.45) is 7.98. The van der Waals surface area contributed by atoms with Gasteiger partial charge in [0, 0.05) is 95.8 Å². The number of H-pyrrole nitrogens is 1. The van der Waals surface area contributed by atoms with E-state index >= 15 is 4.79 Å². The highest BCUT2D eigenvalue weighted by atomic mass is 32.2. The van der Waals surface area contributed by atoms with E-state index in [4.69, 9.17) is 18.9 Å². The number of likely N-dealkylation sites (N-methyl/N-ethyl adjacent to an activating group) is 1. The number of nitrogens with one attached hydrogen (secondary N) is 1. The molecule has 13 nitrogen and oxygen atoms in total. The summed E-state index contributed by atoms with van der Waals surface area (Å²) in [6, 6.07) is 9.19. The largest absolute Gasteiger partial charge is 0.496 e. The zero-order valence-corrected chi connectivity index (χ0v) is 37.4. The minimum absolute atomic E-state index is 0.106. The minimum Gasteiger partial charge on any atom is -0.496 e. The van der Waals surface area contributed by atoms with Crippen molar-refractivity contribution >= 4 is 46.3 Å². The molecular weight excluding hydrogens is 797 g/mol. The summed E-state index contributed by atoms with van der Waals surface area (Å²) >= 11 is 1.67. The molecule has 3 aromatic rings. The number of ether oxygens (including phenoxy) is 4. The summed E-state index contributed by atoms with van der Waals surface area (Å²) in [5.74, 6) is -1.57. The number of nitrogens with zero attached hydrogens (tertiary/aromatic N) is 3. The van der Waals surface area contributed by atoms with Crippen LogP contribution in [0.3, 0.4) is 0 Å². The molecule has 1 aromatic heterocycles. The van der Waals surface area contributed by atoms with Gasteiger partial charge in [0.15, 0.2) is 6.10 Å². The van der Waals surface area contributed by atoms with Crippen molar-refractivity contribution in [1.82, 2.24) is 14.8 Å². The van der Waals surface area contributed by atoms with Gasteiger partial charge in [0.2, 0.25) is 5.60 Å². The van der Waals surface area contributed by atoms with Crippen molar-refractivity contribution in [1.29, 1.82) is 0 Å². The molecule has 1 saturated carbocycles. The second kappa shape index (κ2) is 14.8. The lowest BCUT2D eigenvalue weighted by atomic mass is 9.47. The highest BCUT2D eigenvalue weighted by Crippen LogP contribution is 2.68. The first-order chi connectivity index (χ1) is 29.2. The van der Waals surface area contributed by atoms with Gasteiger partial charge in [-0.2, -0.15) is 0 Å². The fraction of sp³-hybridized carbons (Fsp3) is 0.596. The summed E-state index contributed by atoms with van der Waals surface area (Å²) in [7, 11) is 6.17. The summed E-state index contributed by atoms with van der Waals surface area (Å²) in [5.41, 5.74) is -1.65. The van der Waals surface area contributed by atoms with Gasteiger partial charge in [0.05, 0.1) is 33.0 Å². The number of benzene rings is 2. The van der Waals surface area contributed by atoms with Gasteiger partial charge in [-0.25, -0.2) is 4.79 Å². The smallest absolute Gasteiger partial charge is 0.344 e. The number of thioether (sulfide) groups is 1. The van der Waals surface area contributed by atoms with Gasteiger partial charge >= 0.3 is 17.9 Å². The van der Waals surface area contributed by atoms with E-state index in [0.29, 0.717) is 82.6 Å². The molecule has 2 bridgehead atoms. The normalized spacial score (nSPS) is 36.2. The highest BCUT2D eigenvalue weighted by molar-refractivity contribution is 7.98. The number of carbonyl (C=O) groups excluding carboxylic acids is 3. The number of rotatable bonds is 8. The number of anilines is 1. The van der Waals surface area contributed by atoms with Crippen LogP contribution in [-0.2, 0) is 45.8 Å². The lowest BCUT2D eigenvalue weighted by Crippen LogP contribution is -2.81. The number of hydrogen-bond donors (Lipinski definition) is 3. The zero-order valence-electron chi connectivity index (χ0n) is 36.6. The number of methoxy groups -OCH3 is 3. The predicted octanol–water partition coefficient (Wildman–Crippen LogP) is 4.71. The zero-order chi connectivity index (χ0) is 43.4. The summed E-state index contributed by atoms with van der Waals surface area (Å²) in [5, 5.41) is 26.5. The topological polar surface area (TPSA) is 154 Å². The molecule has 0 radical (unpaired) electrons. The van der Waals surface area contributed by atoms with Crippen LogP contribution in [0.2, 0.25) is 0 Å². The molecule has 2 aromatic carbocycles. The van der Waals surface area contributed by atoms with Crippen molar-refractivity contribution in [2.24, 2.45) is 11.3 Å². The quantitative estimate of drug-likeness (QED) is 0.124. The summed E-state index contributed by atoms with van der Waals surface area (Å²) in [6.45, 7) is 8.62. The van der Waals surface area contributed by atoms with Gasteiger partial charge in [0.25, 0.3) is 0 Å². The number of piperidine rings is 1. The van der Waals surface area contributed by atoms with Gasteiger partial charge in [-0.05, 0) is 92.6 Å². The second-order valence-electron chi connectivity index (χ2n) is 18.6. The van der Waals surface area contributed by atoms with Crippen LogP contribution in [0.4, 0.5) is 5.69 Å². The molecule has 14 heteroatoms. The predicted molar refractivity (Wildman–Crippen MR) is 232 cm³/mol. The van der Waals surface area contributed by atoms with Crippen LogP contribution < -0.4 is 9.64 Å². The maximum Gasteiger partial charge on any atom is 0.344 e. The lowest BCUT2D eigenvalue weighted by molar-refractivity contribution is -0.228. The molecule has 3 fully saturated rings. The molecular formula is C47H60N4O9S. The molecule has 9 rings (SSSR count). The number of aliphatic hydroxyl groups is 2. The van der Waals surface area contributed by atoms with E-state index in [-0.39, 0.29) is 12.0 Å². The Bertz CT molecular complexity index is 2330. The Morgan fingerprint density at radius 1 is 0.967 bits per heavy atom. The Hall–Kier alpha value is -4.08. The van der Waals surface area contributed by atoms with Crippen molar-refractivity contribution in [3.05, 3.63) is 64.9 Å². The second-order valence-corrected chi connectivity index (χ2v) is 19.4. The molecule has 1 aliphatic carbocycles. The van der Waals surface area contributed by atoms with Gasteiger partial charge in [-0.3, -0.25) is 19.4 Å². The van der Waals surface area contributed by atoms with E-state index in [2.05, 4.69) is 57.5 Å². The Morgan fingerprint density at radius 3 is 2.41 bits per heavy atom. The molecule has 5 aliphatic heterocycles. The number of fused-ring (bicyclic) bond motifs is 6. The van der Waals surface area contributed by atoms with E-state index in [0.717, 1.165) is 38.3 Å². The molecule has 10 unspecified atom stereocenters. The third kappa shape index (κ3) is 5.63. The maximum atomic E-state index is 15.4. The van der Waals surface area contributed by atoms with Gasteiger partial charge in [-0.1, -0.05) is 26.0 Å². The molecule has 61 heavy (non-hydrogen) atoms. The third-order valence-corrected chi connectivity index (χ3v) is 16.6. The standard InChI is InChI=1S/C47H60N4O9S/c1-9-43(55)23-28-24-46(41(53)58-6,37-30(14-18-50(25-28)26-43)31-20-29(61-8)12-13-34(31)48-37)33-21-32-35(22-36(33)57-5)49(4)39-45(32)16-19-51-17-11-15-44(10-2,38(45)51)40(60-27(3)52)47(39,56)42(54)59-7/h11-13,15,20-22,28,38-40,48,55-56H,9-10,14,16-19,23-26H2,1-8H3. The van der Waals surface area contributed by atoms with Crippen LogP contribution >= 0.6 is 11.8 Å². The third-order valence-electron chi connectivity index (χ3n) is 15.9.